The van der Waals surface area contributed by atoms with Gasteiger partial charge in [0.05, 0.1) is 11.6 Å². The zero-order valence-corrected chi connectivity index (χ0v) is 12.3. The maximum absolute atomic E-state index is 13.7. The lowest BCUT2D eigenvalue weighted by molar-refractivity contribution is -0.118. The minimum absolute atomic E-state index is 0.166. The molecule has 0 aliphatic heterocycles. The summed E-state index contributed by atoms with van der Waals surface area (Å²) in [4.78, 5) is 12.6. The molecule has 0 aliphatic rings. The first-order valence-electron chi connectivity index (χ1n) is 7.23. The van der Waals surface area contributed by atoms with E-state index < -0.39 is 5.82 Å². The topological polar surface area (TPSA) is 29.1 Å². The van der Waals surface area contributed by atoms with E-state index in [0.29, 0.717) is 0 Å². The van der Waals surface area contributed by atoms with Crippen LogP contribution in [0.1, 0.15) is 31.7 Å². The molecule has 2 nitrogen and oxygen atoms in total. The van der Waals surface area contributed by atoms with Crippen LogP contribution in [0.5, 0.6) is 0 Å². The van der Waals surface area contributed by atoms with Crippen LogP contribution in [0.25, 0.3) is 0 Å². The van der Waals surface area contributed by atoms with Crippen LogP contribution in [-0.4, -0.2) is 5.91 Å². The molecule has 0 bridgehead atoms. The number of halogens is 1. The van der Waals surface area contributed by atoms with Crippen molar-refractivity contribution in [1.82, 2.24) is 0 Å². The molecule has 3 heteroatoms. The summed E-state index contributed by atoms with van der Waals surface area (Å²) in [6.45, 7) is 4.09. The molecule has 2 rings (SSSR count). The minimum atomic E-state index is -0.415. The van der Waals surface area contributed by atoms with Gasteiger partial charge in [-0.3, -0.25) is 4.79 Å². The van der Waals surface area contributed by atoms with Crippen molar-refractivity contribution in [3.8, 4) is 0 Å². The molecule has 0 aliphatic carbocycles. The van der Waals surface area contributed by atoms with Gasteiger partial charge in [0.2, 0.25) is 5.91 Å². The highest BCUT2D eigenvalue weighted by molar-refractivity contribution is 5.96. The summed E-state index contributed by atoms with van der Waals surface area (Å²) < 4.78 is 13.7. The van der Waals surface area contributed by atoms with E-state index in [1.165, 1.54) is 6.07 Å². The van der Waals surface area contributed by atoms with Gasteiger partial charge in [-0.15, -0.1) is 0 Å². The summed E-state index contributed by atoms with van der Waals surface area (Å²) >= 11 is 0. The standard InChI is InChI=1S/C18H20FNO/c1-3-13(2)17(14-9-5-4-6-10-14)18(21)20-16-12-8-7-11-15(16)19/h4-13,17H,3H2,1-2H3,(H,20,21)/t13-,17-/m1/s1. The number of amides is 1. The summed E-state index contributed by atoms with van der Waals surface area (Å²) in [5.74, 6) is -0.683. The highest BCUT2D eigenvalue weighted by Gasteiger charge is 2.26. The molecule has 21 heavy (non-hydrogen) atoms. The summed E-state index contributed by atoms with van der Waals surface area (Å²) in [6.07, 6.45) is 0.879. The largest absolute Gasteiger partial charge is 0.323 e. The Hall–Kier alpha value is -2.16. The highest BCUT2D eigenvalue weighted by atomic mass is 19.1. The van der Waals surface area contributed by atoms with E-state index >= 15 is 0 Å². The van der Waals surface area contributed by atoms with E-state index in [9.17, 15) is 9.18 Å². The second kappa shape index (κ2) is 7.02. The van der Waals surface area contributed by atoms with Gasteiger partial charge >= 0.3 is 0 Å². The molecule has 1 N–H and O–H groups in total. The van der Waals surface area contributed by atoms with Crippen LogP contribution in [0.15, 0.2) is 54.6 Å². The van der Waals surface area contributed by atoms with Gasteiger partial charge in [0, 0.05) is 0 Å². The van der Waals surface area contributed by atoms with Crippen LogP contribution in [0, 0.1) is 11.7 Å². The van der Waals surface area contributed by atoms with Crippen LogP contribution in [0.3, 0.4) is 0 Å². The Morgan fingerprint density at radius 3 is 2.33 bits per heavy atom. The average molecular weight is 285 g/mol. The van der Waals surface area contributed by atoms with Crippen molar-refractivity contribution < 1.29 is 9.18 Å². The predicted molar refractivity (Wildman–Crippen MR) is 83.7 cm³/mol. The molecule has 0 saturated carbocycles. The summed E-state index contributed by atoms with van der Waals surface area (Å²) in [5.41, 5.74) is 1.19. The molecule has 0 saturated heterocycles. The Morgan fingerprint density at radius 2 is 1.71 bits per heavy atom. The molecule has 2 aromatic carbocycles. The van der Waals surface area contributed by atoms with Crippen LogP contribution < -0.4 is 5.32 Å². The van der Waals surface area contributed by atoms with Gasteiger partial charge < -0.3 is 5.32 Å². The molecule has 0 spiro atoms. The van der Waals surface area contributed by atoms with Crippen molar-refractivity contribution in [2.45, 2.75) is 26.2 Å². The Balaban J connectivity index is 2.25. The molecule has 2 atom stereocenters. The lowest BCUT2D eigenvalue weighted by Gasteiger charge is -2.23. The third-order valence-corrected chi connectivity index (χ3v) is 3.79. The van der Waals surface area contributed by atoms with Crippen molar-refractivity contribution in [3.63, 3.8) is 0 Å². The molecule has 0 heterocycles. The lowest BCUT2D eigenvalue weighted by atomic mass is 9.85. The fraction of sp³-hybridized carbons (Fsp3) is 0.278. The van der Waals surface area contributed by atoms with Gasteiger partial charge in [-0.05, 0) is 23.6 Å². The Bertz CT molecular complexity index is 597. The number of nitrogens with one attached hydrogen (secondary N) is 1. The van der Waals surface area contributed by atoms with Gasteiger partial charge in [0.1, 0.15) is 5.82 Å². The first kappa shape index (κ1) is 15.2. The number of para-hydroxylation sites is 1. The average Bonchev–Trinajstić information content (AvgIpc) is 2.50. The highest BCUT2D eigenvalue weighted by Crippen LogP contribution is 2.28. The number of rotatable bonds is 5. The monoisotopic (exact) mass is 285 g/mol. The van der Waals surface area contributed by atoms with Gasteiger partial charge in [0.25, 0.3) is 0 Å². The minimum Gasteiger partial charge on any atom is -0.323 e. The zero-order valence-electron chi connectivity index (χ0n) is 12.3. The molecule has 2 aromatic rings. The van der Waals surface area contributed by atoms with Crippen molar-refractivity contribution in [1.29, 1.82) is 0 Å². The summed E-state index contributed by atoms with van der Waals surface area (Å²) in [6, 6.07) is 15.9. The molecule has 0 unspecified atom stereocenters. The molecule has 110 valence electrons. The molecule has 0 radical (unpaired) electrons. The maximum Gasteiger partial charge on any atom is 0.232 e. The lowest BCUT2D eigenvalue weighted by Crippen LogP contribution is -2.26. The van der Waals surface area contributed by atoms with E-state index in [4.69, 9.17) is 0 Å². The molecular formula is C18H20FNO. The number of benzene rings is 2. The first-order valence-corrected chi connectivity index (χ1v) is 7.23. The van der Waals surface area contributed by atoms with E-state index in [1.54, 1.807) is 18.2 Å². The van der Waals surface area contributed by atoms with Crippen LogP contribution in [0.2, 0.25) is 0 Å². The maximum atomic E-state index is 13.7. The summed E-state index contributed by atoms with van der Waals surface area (Å²) in [5, 5.41) is 2.71. The van der Waals surface area contributed by atoms with Crippen LogP contribution in [-0.2, 0) is 4.79 Å². The van der Waals surface area contributed by atoms with Crippen molar-refractivity contribution in [2.75, 3.05) is 5.32 Å². The third kappa shape index (κ3) is 3.69. The fourth-order valence-corrected chi connectivity index (χ4v) is 2.41. The van der Waals surface area contributed by atoms with E-state index in [0.717, 1.165) is 12.0 Å². The first-order chi connectivity index (χ1) is 10.1. The van der Waals surface area contributed by atoms with Crippen molar-refractivity contribution in [2.24, 2.45) is 5.92 Å². The predicted octanol–water partition coefficient (Wildman–Crippen LogP) is 4.59. The van der Waals surface area contributed by atoms with E-state index in [-0.39, 0.29) is 23.4 Å². The number of carbonyl (C=O) groups excluding carboxylic acids is 1. The molecule has 0 fully saturated rings. The molecule has 1 amide bonds. The molecule has 0 aromatic heterocycles. The van der Waals surface area contributed by atoms with E-state index in [2.05, 4.69) is 12.2 Å². The van der Waals surface area contributed by atoms with E-state index in [1.807, 2.05) is 37.3 Å². The third-order valence-electron chi connectivity index (χ3n) is 3.79. The summed E-state index contributed by atoms with van der Waals surface area (Å²) in [7, 11) is 0. The van der Waals surface area contributed by atoms with Gasteiger partial charge in [0.15, 0.2) is 0 Å². The van der Waals surface area contributed by atoms with Gasteiger partial charge in [-0.1, -0.05) is 62.7 Å². The SMILES string of the molecule is CC[C@@H](C)[C@@H](C(=O)Nc1ccccc1F)c1ccccc1. The molecular weight excluding hydrogens is 265 g/mol. The Morgan fingerprint density at radius 1 is 1.10 bits per heavy atom. The Labute approximate surface area is 125 Å². The number of carbonyl (C=O) groups is 1. The van der Waals surface area contributed by atoms with Gasteiger partial charge in [-0.25, -0.2) is 4.39 Å². The second-order valence-corrected chi connectivity index (χ2v) is 5.24. The van der Waals surface area contributed by atoms with Crippen LogP contribution >= 0.6 is 0 Å². The fourth-order valence-electron chi connectivity index (χ4n) is 2.41. The van der Waals surface area contributed by atoms with Gasteiger partial charge in [-0.2, -0.15) is 0 Å². The zero-order chi connectivity index (χ0) is 15.2. The second-order valence-electron chi connectivity index (χ2n) is 5.24. The normalized spacial score (nSPS) is 13.5. The van der Waals surface area contributed by atoms with Crippen LogP contribution in [0.4, 0.5) is 10.1 Å². The number of hydrogen-bond acceptors (Lipinski definition) is 1. The van der Waals surface area contributed by atoms with Crippen molar-refractivity contribution >= 4 is 11.6 Å². The quantitative estimate of drug-likeness (QED) is 0.855. The number of anilines is 1. The Kier molecular flexibility index (Phi) is 5.09. The van der Waals surface area contributed by atoms with Crippen molar-refractivity contribution in [3.05, 3.63) is 66.0 Å². The smallest absolute Gasteiger partial charge is 0.232 e. The number of hydrogen-bond donors (Lipinski definition) is 1.